The topological polar surface area (TPSA) is 93.0 Å². The number of aromatic nitrogens is 3. The maximum atomic E-state index is 14.4. The predicted octanol–water partition coefficient (Wildman–Crippen LogP) is 6.03. The second kappa shape index (κ2) is 13.7. The van der Waals surface area contributed by atoms with Crippen molar-refractivity contribution in [3.63, 3.8) is 0 Å². The number of piperazine rings is 1. The summed E-state index contributed by atoms with van der Waals surface area (Å²) < 4.78 is 12.6. The number of methoxy groups -OCH3 is 1. The van der Waals surface area contributed by atoms with E-state index in [-0.39, 0.29) is 12.0 Å². The standard InChI is InChI=1S/C32H39Cl3N6O4/c1-31(2,3)45-30(43)40-13-10-32(11-14-40,41-21-28(36-37-41)24-7-6-23(44-4)20-26(24)34)29(42)39-17-15-38(16-18-39)12-9-22-5-8-25(33)27(35)19-22/h5-8,19-21H,9-18H2,1-4H3. The summed E-state index contributed by atoms with van der Waals surface area (Å²) in [5.74, 6) is 0.612. The van der Waals surface area contributed by atoms with Gasteiger partial charge in [0.25, 0.3) is 5.91 Å². The lowest BCUT2D eigenvalue weighted by molar-refractivity contribution is -0.146. The maximum absolute atomic E-state index is 14.4. The number of hydrogen-bond donors (Lipinski definition) is 0. The fourth-order valence-electron chi connectivity index (χ4n) is 5.80. The van der Waals surface area contributed by atoms with Crippen LogP contribution in [-0.2, 0) is 21.5 Å². The van der Waals surface area contributed by atoms with Gasteiger partial charge in [0.15, 0.2) is 0 Å². The van der Waals surface area contributed by atoms with Crippen molar-refractivity contribution in [2.24, 2.45) is 0 Å². The molecule has 0 aliphatic carbocycles. The average Bonchev–Trinajstić information content (AvgIpc) is 3.51. The van der Waals surface area contributed by atoms with Gasteiger partial charge >= 0.3 is 6.09 Å². The molecule has 0 saturated carbocycles. The molecule has 13 heteroatoms. The van der Waals surface area contributed by atoms with Crippen LogP contribution in [0, 0.1) is 0 Å². The second-order valence-electron chi connectivity index (χ2n) is 12.5. The predicted molar refractivity (Wildman–Crippen MR) is 175 cm³/mol. The molecule has 2 aromatic carbocycles. The van der Waals surface area contributed by atoms with Gasteiger partial charge in [0, 0.05) is 51.4 Å². The normalized spacial score (nSPS) is 17.3. The fourth-order valence-corrected chi connectivity index (χ4v) is 6.39. The van der Waals surface area contributed by atoms with Gasteiger partial charge in [0.2, 0.25) is 0 Å². The van der Waals surface area contributed by atoms with Crippen molar-refractivity contribution in [3.05, 3.63) is 63.2 Å². The Hall–Kier alpha value is -3.05. The molecule has 0 spiro atoms. The van der Waals surface area contributed by atoms with E-state index in [4.69, 9.17) is 44.3 Å². The highest BCUT2D eigenvalue weighted by molar-refractivity contribution is 6.42. The number of benzene rings is 2. The molecule has 242 valence electrons. The minimum atomic E-state index is -1.01. The van der Waals surface area contributed by atoms with Crippen LogP contribution in [0.4, 0.5) is 4.79 Å². The summed E-state index contributed by atoms with van der Waals surface area (Å²) in [6.45, 7) is 9.74. The van der Waals surface area contributed by atoms with Gasteiger partial charge in [-0.1, -0.05) is 46.1 Å². The summed E-state index contributed by atoms with van der Waals surface area (Å²) in [6.07, 6.45) is 2.99. The van der Waals surface area contributed by atoms with Gasteiger partial charge in [-0.15, -0.1) is 5.10 Å². The molecule has 2 amide bonds. The van der Waals surface area contributed by atoms with E-state index in [2.05, 4.69) is 15.2 Å². The van der Waals surface area contributed by atoms with Crippen molar-refractivity contribution in [1.82, 2.24) is 29.7 Å². The molecule has 10 nitrogen and oxygen atoms in total. The Bertz CT molecular complexity index is 1530. The van der Waals surface area contributed by atoms with Gasteiger partial charge in [-0.3, -0.25) is 9.69 Å². The number of carbonyl (C=O) groups is 2. The zero-order valence-corrected chi connectivity index (χ0v) is 28.3. The van der Waals surface area contributed by atoms with Crippen LogP contribution in [0.5, 0.6) is 5.75 Å². The largest absolute Gasteiger partial charge is 0.497 e. The van der Waals surface area contributed by atoms with Crippen LogP contribution in [-0.4, -0.2) is 100 Å². The van der Waals surface area contributed by atoms with Crippen LogP contribution in [0.2, 0.25) is 15.1 Å². The van der Waals surface area contributed by atoms with Gasteiger partial charge in [-0.2, -0.15) is 0 Å². The fraction of sp³-hybridized carbons (Fsp3) is 0.500. The molecule has 0 unspecified atom stereocenters. The van der Waals surface area contributed by atoms with Crippen molar-refractivity contribution in [2.75, 3.05) is 52.9 Å². The SMILES string of the molecule is COc1ccc(-c2cn(C3(C(=O)N4CCN(CCc5ccc(Cl)c(Cl)c5)CC4)CCN(C(=O)OC(C)(C)C)CC3)nn2)c(Cl)c1. The number of hydrogen-bond acceptors (Lipinski definition) is 7. The molecule has 2 saturated heterocycles. The molecule has 0 N–H and O–H groups in total. The lowest BCUT2D eigenvalue weighted by atomic mass is 9.85. The molecule has 45 heavy (non-hydrogen) atoms. The van der Waals surface area contributed by atoms with Gasteiger partial charge in [-0.05, 0) is 75.9 Å². The molecule has 0 radical (unpaired) electrons. The van der Waals surface area contributed by atoms with E-state index >= 15 is 0 Å². The van der Waals surface area contributed by atoms with Crippen LogP contribution in [0.15, 0.2) is 42.6 Å². The monoisotopic (exact) mass is 676 g/mol. The van der Waals surface area contributed by atoms with E-state index in [0.29, 0.717) is 71.1 Å². The van der Waals surface area contributed by atoms with Crippen LogP contribution >= 0.6 is 34.8 Å². The first kappa shape index (κ1) is 33.3. The number of ether oxygens (including phenoxy) is 2. The molecule has 2 fully saturated rings. The molecular weight excluding hydrogens is 639 g/mol. The molecule has 5 rings (SSSR count). The third kappa shape index (κ3) is 7.68. The third-order valence-electron chi connectivity index (χ3n) is 8.38. The Morgan fingerprint density at radius 3 is 2.22 bits per heavy atom. The first-order valence-electron chi connectivity index (χ1n) is 15.1. The maximum Gasteiger partial charge on any atom is 0.410 e. The molecule has 1 aromatic heterocycles. The Labute approximate surface area is 279 Å². The summed E-state index contributed by atoms with van der Waals surface area (Å²) in [4.78, 5) is 33.3. The molecule has 0 atom stereocenters. The molecule has 0 bridgehead atoms. The third-order valence-corrected chi connectivity index (χ3v) is 9.44. The van der Waals surface area contributed by atoms with E-state index in [1.807, 2.05) is 56.0 Å². The highest BCUT2D eigenvalue weighted by atomic mass is 35.5. The van der Waals surface area contributed by atoms with E-state index in [1.54, 1.807) is 29.0 Å². The highest BCUT2D eigenvalue weighted by Crippen LogP contribution is 2.36. The van der Waals surface area contributed by atoms with Crippen molar-refractivity contribution in [3.8, 4) is 17.0 Å². The van der Waals surface area contributed by atoms with Crippen LogP contribution in [0.3, 0.4) is 0 Å². The van der Waals surface area contributed by atoms with E-state index in [9.17, 15) is 9.59 Å². The summed E-state index contributed by atoms with van der Waals surface area (Å²) in [6, 6.07) is 11.1. The van der Waals surface area contributed by atoms with Gasteiger partial charge in [0.1, 0.15) is 22.6 Å². The minimum absolute atomic E-state index is 0.0206. The molecular formula is C32H39Cl3N6O4. The number of likely N-dealkylation sites (tertiary alicyclic amines) is 1. The lowest BCUT2D eigenvalue weighted by Crippen LogP contribution is -2.60. The quantitative estimate of drug-likeness (QED) is 0.302. The lowest BCUT2D eigenvalue weighted by Gasteiger charge is -2.44. The van der Waals surface area contributed by atoms with E-state index in [1.165, 1.54) is 0 Å². The Balaban J connectivity index is 1.32. The molecule has 2 aliphatic rings. The number of piperidine rings is 1. The number of carbonyl (C=O) groups excluding carboxylic acids is 2. The highest BCUT2D eigenvalue weighted by Gasteiger charge is 2.48. The number of halogens is 3. The summed E-state index contributed by atoms with van der Waals surface area (Å²) in [5, 5.41) is 10.5. The van der Waals surface area contributed by atoms with Gasteiger partial charge in [0.05, 0.1) is 28.4 Å². The van der Waals surface area contributed by atoms with Crippen molar-refractivity contribution in [1.29, 1.82) is 0 Å². The smallest absolute Gasteiger partial charge is 0.410 e. The van der Waals surface area contributed by atoms with Crippen LogP contribution < -0.4 is 4.74 Å². The summed E-state index contributed by atoms with van der Waals surface area (Å²) >= 11 is 18.8. The van der Waals surface area contributed by atoms with Crippen molar-refractivity contribution >= 4 is 46.8 Å². The number of nitrogens with zero attached hydrogens (tertiary/aromatic N) is 6. The van der Waals surface area contributed by atoms with Crippen molar-refractivity contribution in [2.45, 2.75) is 51.2 Å². The van der Waals surface area contributed by atoms with Gasteiger partial charge < -0.3 is 19.3 Å². The van der Waals surface area contributed by atoms with Crippen LogP contribution in [0.25, 0.3) is 11.3 Å². The van der Waals surface area contributed by atoms with Crippen LogP contribution in [0.1, 0.15) is 39.2 Å². The zero-order valence-electron chi connectivity index (χ0n) is 26.1. The van der Waals surface area contributed by atoms with E-state index in [0.717, 1.165) is 31.6 Å². The summed E-state index contributed by atoms with van der Waals surface area (Å²) in [5.41, 5.74) is 0.742. The first-order chi connectivity index (χ1) is 21.4. The zero-order chi connectivity index (χ0) is 32.4. The Morgan fingerprint density at radius 1 is 0.889 bits per heavy atom. The molecule has 3 aromatic rings. The van der Waals surface area contributed by atoms with Gasteiger partial charge in [-0.25, -0.2) is 9.48 Å². The van der Waals surface area contributed by atoms with E-state index < -0.39 is 11.1 Å². The molecule has 3 heterocycles. The minimum Gasteiger partial charge on any atom is -0.497 e. The molecule has 2 aliphatic heterocycles. The Morgan fingerprint density at radius 2 is 1.60 bits per heavy atom. The Kier molecular flexibility index (Phi) is 10.2. The number of rotatable bonds is 7. The first-order valence-corrected chi connectivity index (χ1v) is 16.2. The number of amides is 2. The van der Waals surface area contributed by atoms with Crippen molar-refractivity contribution < 1.29 is 19.1 Å². The summed E-state index contributed by atoms with van der Waals surface area (Å²) in [7, 11) is 1.58. The average molecular weight is 678 g/mol. The second-order valence-corrected chi connectivity index (χ2v) is 13.7.